The summed E-state index contributed by atoms with van der Waals surface area (Å²) in [7, 11) is 0. The Labute approximate surface area is 191 Å². The van der Waals surface area contributed by atoms with Crippen LogP contribution in [0.3, 0.4) is 0 Å². The number of amides is 1. The third-order valence-electron chi connectivity index (χ3n) is 4.61. The molecule has 0 aliphatic rings. The number of aromatic carboxylic acids is 1. The summed E-state index contributed by atoms with van der Waals surface area (Å²) in [6.45, 7) is 12.2. The lowest BCUT2D eigenvalue weighted by Crippen LogP contribution is -2.15. The molecule has 0 atom stereocenters. The number of nitrogens with zero attached hydrogens (tertiary/aromatic N) is 1. The van der Waals surface area contributed by atoms with Crippen LogP contribution in [0.4, 0.5) is 5.69 Å². The van der Waals surface area contributed by atoms with Crippen molar-refractivity contribution in [3.63, 3.8) is 0 Å². The maximum Gasteiger partial charge on any atom is 0.339 e. The third kappa shape index (κ3) is 7.65. The maximum absolute atomic E-state index is 12.2. The Bertz CT molecular complexity index is 1010. The zero-order valence-corrected chi connectivity index (χ0v) is 19.9. The Balaban J connectivity index is 0.00000121. The molecule has 1 amide bonds. The maximum atomic E-state index is 12.2. The van der Waals surface area contributed by atoms with Gasteiger partial charge in [-0.05, 0) is 48.6 Å². The Morgan fingerprint density at radius 1 is 0.938 bits per heavy atom. The van der Waals surface area contributed by atoms with Crippen LogP contribution in [0, 0.1) is 13.8 Å². The first kappa shape index (κ1) is 26.6. The fourth-order valence-corrected chi connectivity index (χ4v) is 3.13. The Morgan fingerprint density at radius 3 is 2.19 bits per heavy atom. The van der Waals surface area contributed by atoms with Crippen molar-refractivity contribution in [3.8, 4) is 11.1 Å². The summed E-state index contributed by atoms with van der Waals surface area (Å²) in [6, 6.07) is 16.1. The molecule has 5 heteroatoms. The van der Waals surface area contributed by atoms with E-state index < -0.39 is 5.97 Å². The topological polar surface area (TPSA) is 79.3 Å². The normalized spacial score (nSPS) is 9.56. The number of benzene rings is 2. The van der Waals surface area contributed by atoms with Gasteiger partial charge in [-0.25, -0.2) is 4.79 Å². The van der Waals surface area contributed by atoms with Crippen molar-refractivity contribution < 1.29 is 14.7 Å². The van der Waals surface area contributed by atoms with Crippen LogP contribution in [0.2, 0.25) is 0 Å². The summed E-state index contributed by atoms with van der Waals surface area (Å²) in [5.41, 5.74) is 6.12. The molecule has 0 saturated heterocycles. The van der Waals surface area contributed by atoms with Crippen molar-refractivity contribution in [2.75, 3.05) is 5.32 Å². The second-order valence-corrected chi connectivity index (χ2v) is 6.79. The zero-order valence-electron chi connectivity index (χ0n) is 19.9. The van der Waals surface area contributed by atoms with E-state index in [1.165, 1.54) is 35.2 Å². The van der Waals surface area contributed by atoms with E-state index in [2.05, 4.69) is 54.5 Å². The summed E-state index contributed by atoms with van der Waals surface area (Å²) in [4.78, 5) is 27.2. The quantitative estimate of drug-likeness (QED) is 0.453. The highest BCUT2D eigenvalue weighted by Gasteiger charge is 2.12. The van der Waals surface area contributed by atoms with Crippen LogP contribution in [0.5, 0.6) is 0 Å². The number of hydrogen-bond acceptors (Lipinski definition) is 3. The smallest absolute Gasteiger partial charge is 0.339 e. The van der Waals surface area contributed by atoms with Gasteiger partial charge in [0.05, 0.1) is 5.69 Å². The third-order valence-corrected chi connectivity index (χ3v) is 4.61. The molecule has 3 rings (SSSR count). The van der Waals surface area contributed by atoms with Crippen LogP contribution in [0.15, 0.2) is 60.9 Å². The molecule has 3 aromatic rings. The zero-order chi connectivity index (χ0) is 24.1. The van der Waals surface area contributed by atoms with Crippen LogP contribution in [-0.4, -0.2) is 22.0 Å². The molecule has 0 radical (unpaired) electrons. The van der Waals surface area contributed by atoms with Crippen molar-refractivity contribution in [2.24, 2.45) is 0 Å². The van der Waals surface area contributed by atoms with Gasteiger partial charge in [0.25, 0.3) is 0 Å². The molecule has 0 aliphatic carbocycles. The lowest BCUT2D eigenvalue weighted by Gasteiger charge is -2.09. The van der Waals surface area contributed by atoms with Crippen LogP contribution in [0.25, 0.3) is 11.1 Å². The van der Waals surface area contributed by atoms with Gasteiger partial charge in [0.1, 0.15) is 5.56 Å². The molecule has 1 aromatic heterocycles. The fourth-order valence-electron chi connectivity index (χ4n) is 3.13. The monoisotopic (exact) mass is 434 g/mol. The lowest BCUT2D eigenvalue weighted by atomic mass is 9.97. The number of carbonyl (C=O) groups excluding carboxylic acids is 1. The first-order chi connectivity index (χ1) is 15.4. The van der Waals surface area contributed by atoms with E-state index in [0.717, 1.165) is 11.1 Å². The molecule has 170 valence electrons. The molecule has 32 heavy (non-hydrogen) atoms. The second kappa shape index (κ2) is 13.8. The SMILES string of the molecule is CC.CC.Cc1ccc(-c2ccc(CCC(=O)Nc3ccncc3C(=O)O)cc2)c(C)c1. The van der Waals surface area contributed by atoms with Crippen LogP contribution in [0.1, 0.15) is 61.2 Å². The minimum atomic E-state index is -1.12. The number of nitrogens with one attached hydrogen (secondary N) is 1. The van der Waals surface area contributed by atoms with Crippen molar-refractivity contribution in [2.45, 2.75) is 54.4 Å². The predicted octanol–water partition coefficient (Wildman–Crippen LogP) is 6.69. The van der Waals surface area contributed by atoms with E-state index in [1.54, 1.807) is 0 Å². The molecular formula is C27H34N2O3. The summed E-state index contributed by atoms with van der Waals surface area (Å²) >= 11 is 0. The van der Waals surface area contributed by atoms with Crippen molar-refractivity contribution in [3.05, 3.63) is 83.2 Å². The highest BCUT2D eigenvalue weighted by molar-refractivity contribution is 6.00. The Morgan fingerprint density at radius 2 is 1.59 bits per heavy atom. The average Bonchev–Trinajstić information content (AvgIpc) is 2.81. The van der Waals surface area contributed by atoms with E-state index in [0.29, 0.717) is 6.42 Å². The Hall–Kier alpha value is -3.47. The summed E-state index contributed by atoms with van der Waals surface area (Å²) in [5, 5.41) is 11.8. The number of aryl methyl sites for hydroxylation is 3. The van der Waals surface area contributed by atoms with Gasteiger partial charge in [0, 0.05) is 18.8 Å². The summed E-state index contributed by atoms with van der Waals surface area (Å²) < 4.78 is 0. The molecule has 0 spiro atoms. The number of carboxylic acid groups (broad SMARTS) is 1. The second-order valence-electron chi connectivity index (χ2n) is 6.79. The van der Waals surface area contributed by atoms with E-state index >= 15 is 0 Å². The highest BCUT2D eigenvalue weighted by Crippen LogP contribution is 2.25. The van der Waals surface area contributed by atoms with Gasteiger partial charge in [-0.1, -0.05) is 75.7 Å². The van der Waals surface area contributed by atoms with Gasteiger partial charge in [0.15, 0.2) is 0 Å². The van der Waals surface area contributed by atoms with Gasteiger partial charge in [0.2, 0.25) is 5.91 Å². The molecule has 0 saturated carbocycles. The molecule has 0 unspecified atom stereocenters. The van der Waals surface area contributed by atoms with Crippen molar-refractivity contribution in [1.29, 1.82) is 0 Å². The number of carboxylic acids is 1. The van der Waals surface area contributed by atoms with E-state index in [4.69, 9.17) is 5.11 Å². The number of pyridine rings is 1. The van der Waals surface area contributed by atoms with Crippen LogP contribution in [-0.2, 0) is 11.2 Å². The molecule has 2 N–H and O–H groups in total. The molecule has 5 nitrogen and oxygen atoms in total. The van der Waals surface area contributed by atoms with Crippen LogP contribution < -0.4 is 5.32 Å². The Kier molecular flexibility index (Phi) is 11.4. The van der Waals surface area contributed by atoms with Gasteiger partial charge < -0.3 is 10.4 Å². The summed E-state index contributed by atoms with van der Waals surface area (Å²) in [5.74, 6) is -1.35. The molecule has 0 bridgehead atoms. The van der Waals surface area contributed by atoms with E-state index in [9.17, 15) is 9.59 Å². The van der Waals surface area contributed by atoms with E-state index in [1.807, 2.05) is 39.8 Å². The molecule has 0 fully saturated rings. The van der Waals surface area contributed by atoms with Crippen molar-refractivity contribution in [1.82, 2.24) is 4.98 Å². The first-order valence-corrected chi connectivity index (χ1v) is 11.1. The first-order valence-electron chi connectivity index (χ1n) is 11.1. The predicted molar refractivity (Wildman–Crippen MR) is 132 cm³/mol. The minimum Gasteiger partial charge on any atom is -0.478 e. The van der Waals surface area contributed by atoms with Crippen molar-refractivity contribution >= 4 is 17.6 Å². The number of rotatable bonds is 6. The largest absolute Gasteiger partial charge is 0.478 e. The average molecular weight is 435 g/mol. The van der Waals surface area contributed by atoms with Gasteiger partial charge in [-0.2, -0.15) is 0 Å². The highest BCUT2D eigenvalue weighted by atomic mass is 16.4. The van der Waals surface area contributed by atoms with Crippen LogP contribution >= 0.6 is 0 Å². The number of hydrogen-bond donors (Lipinski definition) is 2. The minimum absolute atomic E-state index is 0.0197. The van der Waals surface area contributed by atoms with Gasteiger partial charge in [-0.15, -0.1) is 0 Å². The molecular weight excluding hydrogens is 400 g/mol. The standard InChI is InChI=1S/C23H22N2O3.2C2H6/c1-15-3-9-19(16(2)13-15)18-7-4-17(5-8-18)6-10-22(26)25-21-11-12-24-14-20(21)23(27)28;2*1-2/h3-5,7-9,11-14H,6,10H2,1-2H3,(H,27,28)(H,24,25,26);2*1-2H3. The van der Waals surface area contributed by atoms with E-state index in [-0.39, 0.29) is 23.6 Å². The number of carbonyl (C=O) groups is 2. The molecule has 1 heterocycles. The lowest BCUT2D eigenvalue weighted by molar-refractivity contribution is -0.116. The molecule has 2 aromatic carbocycles. The number of anilines is 1. The number of aromatic nitrogens is 1. The van der Waals surface area contributed by atoms with Gasteiger partial charge in [-0.3, -0.25) is 9.78 Å². The fraction of sp³-hybridized carbons (Fsp3) is 0.296. The molecule has 0 aliphatic heterocycles. The summed E-state index contributed by atoms with van der Waals surface area (Å²) in [6.07, 6.45) is 3.52. The van der Waals surface area contributed by atoms with Gasteiger partial charge >= 0.3 is 5.97 Å².